The van der Waals surface area contributed by atoms with E-state index in [0.29, 0.717) is 24.4 Å². The summed E-state index contributed by atoms with van der Waals surface area (Å²) in [6.45, 7) is 2.93. The Bertz CT molecular complexity index is 533. The monoisotopic (exact) mass is 296 g/mol. The highest BCUT2D eigenvalue weighted by Crippen LogP contribution is 2.12. The zero-order valence-corrected chi connectivity index (χ0v) is 12.0. The highest BCUT2D eigenvalue weighted by molar-refractivity contribution is 6.28. The van der Waals surface area contributed by atoms with Crippen molar-refractivity contribution in [2.45, 2.75) is 19.8 Å². The normalized spacial score (nSPS) is 12.3. The molecule has 108 valence electrons. The summed E-state index contributed by atoms with van der Waals surface area (Å²) in [4.78, 5) is 12.3. The summed E-state index contributed by atoms with van der Waals surface area (Å²) < 4.78 is 1.52. The van der Waals surface area contributed by atoms with E-state index in [9.17, 15) is 0 Å². The van der Waals surface area contributed by atoms with E-state index in [1.807, 2.05) is 0 Å². The topological polar surface area (TPSA) is 88.8 Å². The second-order valence-corrected chi connectivity index (χ2v) is 4.68. The molecule has 0 fully saturated rings. The third kappa shape index (κ3) is 3.88. The summed E-state index contributed by atoms with van der Waals surface area (Å²) in [5, 5.41) is 16.3. The maximum Gasteiger partial charge on any atom is 0.256 e. The third-order valence-corrected chi connectivity index (χ3v) is 3.14. The Kier molecular flexibility index (Phi) is 5.25. The Morgan fingerprint density at radius 3 is 2.90 bits per heavy atom. The van der Waals surface area contributed by atoms with Crippen LogP contribution in [0, 0.1) is 5.92 Å². The fourth-order valence-electron chi connectivity index (χ4n) is 1.78. The summed E-state index contributed by atoms with van der Waals surface area (Å²) in [6.07, 6.45) is 5.09. The molecular weight excluding hydrogens is 280 g/mol. The molecule has 20 heavy (non-hydrogen) atoms. The standard InChI is InChI=1S/C12H17ClN6O/c1-2-9(4-7-20)8-14-11-16-10(13)17-12(18-11)19-6-3-5-15-19/h3,5-6,9,20H,2,4,7-8H2,1H3,(H,14,16,17,18). The van der Waals surface area contributed by atoms with Gasteiger partial charge < -0.3 is 10.4 Å². The summed E-state index contributed by atoms with van der Waals surface area (Å²) in [5.41, 5.74) is 0. The van der Waals surface area contributed by atoms with E-state index < -0.39 is 0 Å². The van der Waals surface area contributed by atoms with Gasteiger partial charge in [0.2, 0.25) is 11.2 Å². The zero-order valence-electron chi connectivity index (χ0n) is 11.2. The van der Waals surface area contributed by atoms with Crippen LogP contribution in [0.5, 0.6) is 0 Å². The summed E-state index contributed by atoms with van der Waals surface area (Å²) in [7, 11) is 0. The van der Waals surface area contributed by atoms with Crippen LogP contribution in [0.4, 0.5) is 5.95 Å². The van der Waals surface area contributed by atoms with Gasteiger partial charge in [0.05, 0.1) is 0 Å². The third-order valence-electron chi connectivity index (χ3n) is 2.97. The lowest BCUT2D eigenvalue weighted by Gasteiger charge is -2.14. The highest BCUT2D eigenvalue weighted by Gasteiger charge is 2.09. The first-order valence-corrected chi connectivity index (χ1v) is 6.87. The molecule has 0 spiro atoms. The number of nitrogens with zero attached hydrogens (tertiary/aromatic N) is 5. The molecule has 0 aromatic carbocycles. The van der Waals surface area contributed by atoms with Gasteiger partial charge in [0.25, 0.3) is 5.95 Å². The number of nitrogens with one attached hydrogen (secondary N) is 1. The van der Waals surface area contributed by atoms with Crippen LogP contribution >= 0.6 is 11.6 Å². The van der Waals surface area contributed by atoms with Crippen molar-refractivity contribution in [3.8, 4) is 5.95 Å². The molecule has 0 saturated heterocycles. The Morgan fingerprint density at radius 1 is 1.40 bits per heavy atom. The van der Waals surface area contributed by atoms with Crippen molar-refractivity contribution in [2.24, 2.45) is 5.92 Å². The molecule has 7 nitrogen and oxygen atoms in total. The summed E-state index contributed by atoms with van der Waals surface area (Å²) in [5.74, 6) is 1.14. The number of hydrogen-bond donors (Lipinski definition) is 2. The van der Waals surface area contributed by atoms with Crippen LogP contribution in [0.15, 0.2) is 18.5 Å². The van der Waals surface area contributed by atoms with E-state index in [1.165, 1.54) is 4.68 Å². The quantitative estimate of drug-likeness (QED) is 0.805. The minimum absolute atomic E-state index is 0.114. The van der Waals surface area contributed by atoms with Crippen LogP contribution in [0.3, 0.4) is 0 Å². The number of rotatable bonds is 7. The van der Waals surface area contributed by atoms with Crippen molar-refractivity contribution in [1.29, 1.82) is 0 Å². The molecule has 1 atom stereocenters. The molecule has 0 amide bonds. The first-order valence-electron chi connectivity index (χ1n) is 6.49. The minimum atomic E-state index is 0.114. The molecule has 2 heterocycles. The lowest BCUT2D eigenvalue weighted by Crippen LogP contribution is -2.17. The fourth-order valence-corrected chi connectivity index (χ4v) is 1.93. The van der Waals surface area contributed by atoms with Gasteiger partial charge in [-0.05, 0) is 30.0 Å². The van der Waals surface area contributed by atoms with Crippen LogP contribution in [0.25, 0.3) is 5.95 Å². The maximum atomic E-state index is 8.98. The van der Waals surface area contributed by atoms with E-state index in [2.05, 4.69) is 32.3 Å². The smallest absolute Gasteiger partial charge is 0.256 e. The van der Waals surface area contributed by atoms with Gasteiger partial charge in [-0.25, -0.2) is 4.68 Å². The Labute approximate surface area is 122 Å². The van der Waals surface area contributed by atoms with Gasteiger partial charge in [-0.15, -0.1) is 0 Å². The lowest BCUT2D eigenvalue weighted by atomic mass is 10.0. The molecule has 0 aliphatic carbocycles. The molecule has 2 N–H and O–H groups in total. The van der Waals surface area contributed by atoms with Crippen molar-refractivity contribution in [2.75, 3.05) is 18.5 Å². The van der Waals surface area contributed by atoms with Crippen molar-refractivity contribution in [3.05, 3.63) is 23.7 Å². The molecule has 0 radical (unpaired) electrons. The second kappa shape index (κ2) is 7.16. The molecule has 0 aliphatic rings. The van der Waals surface area contributed by atoms with Crippen molar-refractivity contribution in [3.63, 3.8) is 0 Å². The molecule has 8 heteroatoms. The van der Waals surface area contributed by atoms with Crippen molar-refractivity contribution >= 4 is 17.5 Å². The van der Waals surface area contributed by atoms with Gasteiger partial charge in [0.1, 0.15) is 0 Å². The molecule has 0 aliphatic heterocycles. The van der Waals surface area contributed by atoms with E-state index in [4.69, 9.17) is 16.7 Å². The van der Waals surface area contributed by atoms with Crippen LogP contribution in [-0.2, 0) is 0 Å². The van der Waals surface area contributed by atoms with Gasteiger partial charge in [0.15, 0.2) is 0 Å². The van der Waals surface area contributed by atoms with Crippen LogP contribution in [-0.4, -0.2) is 43.0 Å². The largest absolute Gasteiger partial charge is 0.396 e. The number of aliphatic hydroxyl groups is 1. The second-order valence-electron chi connectivity index (χ2n) is 4.35. The maximum absolute atomic E-state index is 8.98. The van der Waals surface area contributed by atoms with Crippen LogP contribution in [0.2, 0.25) is 5.28 Å². The minimum Gasteiger partial charge on any atom is -0.396 e. The SMILES string of the molecule is CCC(CCO)CNc1nc(Cl)nc(-n2cccn2)n1. The highest BCUT2D eigenvalue weighted by atomic mass is 35.5. The molecule has 2 aromatic rings. The first kappa shape index (κ1) is 14.7. The van der Waals surface area contributed by atoms with Gasteiger partial charge in [0, 0.05) is 25.5 Å². The summed E-state index contributed by atoms with van der Waals surface area (Å²) in [6, 6.07) is 1.78. The molecule has 2 aromatic heterocycles. The lowest BCUT2D eigenvalue weighted by molar-refractivity contribution is 0.258. The van der Waals surface area contributed by atoms with E-state index >= 15 is 0 Å². The van der Waals surface area contributed by atoms with Gasteiger partial charge in [-0.2, -0.15) is 20.1 Å². The first-order chi connectivity index (χ1) is 9.72. The van der Waals surface area contributed by atoms with Gasteiger partial charge >= 0.3 is 0 Å². The molecule has 1 unspecified atom stereocenters. The van der Waals surface area contributed by atoms with Crippen molar-refractivity contribution < 1.29 is 5.11 Å². The van der Waals surface area contributed by atoms with E-state index in [-0.39, 0.29) is 11.9 Å². The summed E-state index contributed by atoms with van der Waals surface area (Å²) >= 11 is 5.89. The predicted molar refractivity (Wildman–Crippen MR) is 75.9 cm³/mol. The number of anilines is 1. The van der Waals surface area contributed by atoms with E-state index in [0.717, 1.165) is 12.8 Å². The Morgan fingerprint density at radius 2 is 2.25 bits per heavy atom. The van der Waals surface area contributed by atoms with Gasteiger partial charge in [-0.3, -0.25) is 0 Å². The number of aliphatic hydroxyl groups excluding tert-OH is 1. The molecular formula is C12H17ClN6O. The zero-order chi connectivity index (χ0) is 14.4. The van der Waals surface area contributed by atoms with Crippen molar-refractivity contribution in [1.82, 2.24) is 24.7 Å². The van der Waals surface area contributed by atoms with Crippen LogP contribution < -0.4 is 5.32 Å². The number of halogens is 1. The molecule has 0 saturated carbocycles. The average Bonchev–Trinajstić information content (AvgIpc) is 2.97. The number of hydrogen-bond acceptors (Lipinski definition) is 6. The van der Waals surface area contributed by atoms with Gasteiger partial charge in [-0.1, -0.05) is 13.3 Å². The number of aromatic nitrogens is 5. The van der Waals surface area contributed by atoms with E-state index in [1.54, 1.807) is 18.5 Å². The van der Waals surface area contributed by atoms with Crippen LogP contribution in [0.1, 0.15) is 19.8 Å². The fraction of sp³-hybridized carbons (Fsp3) is 0.500. The Hall–Kier alpha value is -1.73. The molecule has 0 bridgehead atoms. The molecule has 2 rings (SSSR count). The average molecular weight is 297 g/mol. The Balaban J connectivity index is 2.08. The predicted octanol–water partition coefficient (Wildman–Crippen LogP) is 1.53.